The van der Waals surface area contributed by atoms with Crippen molar-refractivity contribution >= 4 is 28.5 Å². The number of carbonyl (C=O) groups excluding carboxylic acids is 1. The second kappa shape index (κ2) is 6.03. The van der Waals surface area contributed by atoms with Crippen LogP contribution in [0.3, 0.4) is 0 Å². The summed E-state index contributed by atoms with van der Waals surface area (Å²) in [5, 5.41) is 2.97. The van der Waals surface area contributed by atoms with Crippen LogP contribution < -0.4 is 5.32 Å². The molecule has 2 aliphatic rings. The molecule has 2 atom stereocenters. The molecule has 0 radical (unpaired) electrons. The van der Waals surface area contributed by atoms with Crippen molar-refractivity contribution in [2.45, 2.75) is 51.4 Å². The van der Waals surface area contributed by atoms with Gasteiger partial charge in [-0.25, -0.2) is 0 Å². The molecule has 1 fully saturated rings. The molecule has 2 rings (SSSR count). The number of amides is 1. The number of hydrogen-bond donors (Lipinski definition) is 1. The van der Waals surface area contributed by atoms with Gasteiger partial charge in [-0.2, -0.15) is 0 Å². The highest BCUT2D eigenvalue weighted by atomic mass is 127. The monoisotopic (exact) mass is 333 g/mol. The normalized spacial score (nSPS) is 32.3. The average molecular weight is 333 g/mol. The van der Waals surface area contributed by atoms with E-state index >= 15 is 0 Å². The quantitative estimate of drug-likeness (QED) is 0.531. The van der Waals surface area contributed by atoms with E-state index in [1.807, 2.05) is 0 Å². The molecule has 16 heavy (non-hydrogen) atoms. The van der Waals surface area contributed by atoms with Crippen molar-refractivity contribution < 1.29 is 4.79 Å². The standard InChI is InChI=1S/C13H20INO/c14-12-9-10-7-5-3-1-2-4-6-8-11(10)13(16)15-12/h9-11H,1-8H2,(H,15,16). The Morgan fingerprint density at radius 3 is 2.44 bits per heavy atom. The largest absolute Gasteiger partial charge is 0.321 e. The Hall–Kier alpha value is -0.0600. The van der Waals surface area contributed by atoms with Crippen LogP contribution in [0.4, 0.5) is 0 Å². The van der Waals surface area contributed by atoms with E-state index in [1.165, 1.54) is 44.9 Å². The summed E-state index contributed by atoms with van der Waals surface area (Å²) in [6.45, 7) is 0. The Bertz CT molecular complexity index is 288. The van der Waals surface area contributed by atoms with Gasteiger partial charge < -0.3 is 5.32 Å². The number of nitrogens with one attached hydrogen (secondary N) is 1. The van der Waals surface area contributed by atoms with Gasteiger partial charge in [0.1, 0.15) is 0 Å². The van der Waals surface area contributed by atoms with Crippen LogP contribution in [0, 0.1) is 11.8 Å². The summed E-state index contributed by atoms with van der Waals surface area (Å²) in [5.74, 6) is 1.01. The fourth-order valence-electron chi connectivity index (χ4n) is 2.83. The van der Waals surface area contributed by atoms with Crippen molar-refractivity contribution in [2.75, 3.05) is 0 Å². The first-order valence-corrected chi connectivity index (χ1v) is 7.53. The van der Waals surface area contributed by atoms with Crippen LogP contribution in [0.2, 0.25) is 0 Å². The number of rotatable bonds is 0. The van der Waals surface area contributed by atoms with Gasteiger partial charge in [0.05, 0.1) is 3.70 Å². The van der Waals surface area contributed by atoms with Gasteiger partial charge in [0.2, 0.25) is 5.91 Å². The van der Waals surface area contributed by atoms with Gasteiger partial charge in [-0.15, -0.1) is 0 Å². The van der Waals surface area contributed by atoms with Crippen molar-refractivity contribution in [3.05, 3.63) is 9.78 Å². The van der Waals surface area contributed by atoms with Crippen LogP contribution in [-0.2, 0) is 4.79 Å². The summed E-state index contributed by atoms with van der Waals surface area (Å²) in [5.41, 5.74) is 0. The highest BCUT2D eigenvalue weighted by Gasteiger charge is 2.30. The Kier molecular flexibility index (Phi) is 4.67. The summed E-state index contributed by atoms with van der Waals surface area (Å²) in [6.07, 6.45) is 12.4. The van der Waals surface area contributed by atoms with E-state index in [2.05, 4.69) is 34.0 Å². The molecular weight excluding hydrogens is 313 g/mol. The SMILES string of the molecule is O=C1NC(I)=CC2CCCCCCCCC12. The van der Waals surface area contributed by atoms with Crippen LogP contribution in [-0.4, -0.2) is 5.91 Å². The van der Waals surface area contributed by atoms with Gasteiger partial charge >= 0.3 is 0 Å². The molecule has 0 aromatic rings. The molecule has 0 spiro atoms. The van der Waals surface area contributed by atoms with E-state index < -0.39 is 0 Å². The van der Waals surface area contributed by atoms with Gasteiger partial charge in [-0.05, 0) is 41.4 Å². The smallest absolute Gasteiger partial charge is 0.228 e. The number of halogens is 1. The predicted octanol–water partition coefficient (Wildman–Crippen LogP) is 3.76. The van der Waals surface area contributed by atoms with Gasteiger partial charge in [-0.1, -0.05) is 44.6 Å². The summed E-state index contributed by atoms with van der Waals surface area (Å²) in [6, 6.07) is 0. The fraction of sp³-hybridized carbons (Fsp3) is 0.769. The van der Waals surface area contributed by atoms with E-state index in [0.29, 0.717) is 5.92 Å². The zero-order chi connectivity index (χ0) is 11.4. The molecule has 2 unspecified atom stereocenters. The number of hydrogen-bond acceptors (Lipinski definition) is 1. The van der Waals surface area contributed by atoms with Gasteiger partial charge in [0.15, 0.2) is 0 Å². The number of carbonyl (C=O) groups is 1. The Balaban J connectivity index is 2.05. The molecule has 90 valence electrons. The van der Waals surface area contributed by atoms with E-state index in [-0.39, 0.29) is 11.8 Å². The van der Waals surface area contributed by atoms with Crippen molar-refractivity contribution in [3.63, 3.8) is 0 Å². The maximum absolute atomic E-state index is 11.9. The van der Waals surface area contributed by atoms with Crippen LogP contribution in [0.25, 0.3) is 0 Å². The topological polar surface area (TPSA) is 29.1 Å². The van der Waals surface area contributed by atoms with Crippen molar-refractivity contribution in [1.82, 2.24) is 5.32 Å². The fourth-order valence-corrected chi connectivity index (χ4v) is 3.56. The third-order valence-corrected chi connectivity index (χ3v) is 4.39. The number of fused-ring (bicyclic) bond motifs is 1. The van der Waals surface area contributed by atoms with E-state index in [1.54, 1.807) is 0 Å². The zero-order valence-electron chi connectivity index (χ0n) is 9.68. The van der Waals surface area contributed by atoms with Gasteiger partial charge in [0, 0.05) is 5.92 Å². The Labute approximate surface area is 111 Å². The summed E-state index contributed by atoms with van der Waals surface area (Å²) >= 11 is 2.23. The van der Waals surface area contributed by atoms with Gasteiger partial charge in [-0.3, -0.25) is 4.79 Å². The average Bonchev–Trinajstić information content (AvgIpc) is 2.25. The second-order valence-corrected chi connectivity index (χ2v) is 6.14. The molecule has 0 aromatic heterocycles. The lowest BCUT2D eigenvalue weighted by Crippen LogP contribution is -2.37. The zero-order valence-corrected chi connectivity index (χ0v) is 11.8. The first-order chi connectivity index (χ1) is 7.77. The Morgan fingerprint density at radius 2 is 1.69 bits per heavy atom. The van der Waals surface area contributed by atoms with Crippen LogP contribution in [0.15, 0.2) is 9.78 Å². The number of allylic oxidation sites excluding steroid dienone is 1. The molecule has 1 heterocycles. The lowest BCUT2D eigenvalue weighted by atomic mass is 9.81. The van der Waals surface area contributed by atoms with E-state index in [0.717, 1.165) is 10.1 Å². The molecule has 3 heteroatoms. The highest BCUT2D eigenvalue weighted by Crippen LogP contribution is 2.32. The summed E-state index contributed by atoms with van der Waals surface area (Å²) in [4.78, 5) is 11.9. The molecule has 0 aromatic carbocycles. The van der Waals surface area contributed by atoms with Crippen LogP contribution in [0.1, 0.15) is 51.4 Å². The lowest BCUT2D eigenvalue weighted by Gasteiger charge is -2.29. The third-order valence-electron chi connectivity index (χ3n) is 3.76. The molecule has 1 saturated carbocycles. The Morgan fingerprint density at radius 1 is 1.06 bits per heavy atom. The molecular formula is C13H20INO. The molecule has 1 amide bonds. The summed E-state index contributed by atoms with van der Waals surface area (Å²) in [7, 11) is 0. The molecule has 0 saturated heterocycles. The van der Waals surface area contributed by atoms with Crippen LogP contribution in [0.5, 0.6) is 0 Å². The van der Waals surface area contributed by atoms with Gasteiger partial charge in [0.25, 0.3) is 0 Å². The van der Waals surface area contributed by atoms with Crippen molar-refractivity contribution in [3.8, 4) is 0 Å². The summed E-state index contributed by atoms with van der Waals surface area (Å²) < 4.78 is 1.03. The molecule has 1 N–H and O–H groups in total. The highest BCUT2D eigenvalue weighted by molar-refractivity contribution is 14.1. The first kappa shape index (κ1) is 12.4. The maximum atomic E-state index is 11.9. The minimum atomic E-state index is 0.247. The molecule has 1 aliphatic heterocycles. The minimum absolute atomic E-state index is 0.247. The van der Waals surface area contributed by atoms with Crippen molar-refractivity contribution in [2.24, 2.45) is 11.8 Å². The van der Waals surface area contributed by atoms with Crippen molar-refractivity contribution in [1.29, 1.82) is 0 Å². The predicted molar refractivity (Wildman–Crippen MR) is 74.2 cm³/mol. The maximum Gasteiger partial charge on any atom is 0.228 e. The third kappa shape index (κ3) is 3.22. The lowest BCUT2D eigenvalue weighted by molar-refractivity contribution is -0.126. The minimum Gasteiger partial charge on any atom is -0.321 e. The van der Waals surface area contributed by atoms with E-state index in [9.17, 15) is 4.79 Å². The molecule has 0 bridgehead atoms. The molecule has 1 aliphatic carbocycles. The second-order valence-electron chi connectivity index (χ2n) is 4.97. The van der Waals surface area contributed by atoms with E-state index in [4.69, 9.17) is 0 Å². The first-order valence-electron chi connectivity index (χ1n) is 6.45. The van der Waals surface area contributed by atoms with Crippen LogP contribution >= 0.6 is 22.6 Å². The molecule has 2 nitrogen and oxygen atoms in total.